The summed E-state index contributed by atoms with van der Waals surface area (Å²) in [6, 6.07) is 10.7. The lowest BCUT2D eigenvalue weighted by atomic mass is 10.2. The van der Waals surface area contributed by atoms with Crippen LogP contribution in [-0.2, 0) is 0 Å². The van der Waals surface area contributed by atoms with Crippen LogP contribution in [0.1, 0.15) is 15.9 Å². The molecule has 0 aromatic heterocycles. The van der Waals surface area contributed by atoms with Gasteiger partial charge in [0, 0.05) is 42.5 Å². The predicted octanol–water partition coefficient (Wildman–Crippen LogP) is 3.78. The van der Waals surface area contributed by atoms with Crippen molar-refractivity contribution in [2.75, 3.05) is 31.5 Å². The zero-order valence-corrected chi connectivity index (χ0v) is 15.1. The summed E-state index contributed by atoms with van der Waals surface area (Å²) in [6.07, 6.45) is 0. The number of carbonyl (C=O) groups is 2. The van der Waals surface area contributed by atoms with Crippen molar-refractivity contribution in [1.29, 1.82) is 0 Å². The van der Waals surface area contributed by atoms with Gasteiger partial charge in [-0.2, -0.15) is 0 Å². The van der Waals surface area contributed by atoms with E-state index in [0.717, 1.165) is 5.56 Å². The number of urea groups is 1. The number of carbonyl (C=O) groups excluding carboxylic acids is 2. The van der Waals surface area contributed by atoms with Crippen LogP contribution >= 0.6 is 11.6 Å². The van der Waals surface area contributed by atoms with Crippen molar-refractivity contribution < 1.29 is 14.0 Å². The summed E-state index contributed by atoms with van der Waals surface area (Å²) in [5.41, 5.74) is 1.88. The Labute approximate surface area is 156 Å². The number of hydrogen-bond acceptors (Lipinski definition) is 2. The topological polar surface area (TPSA) is 52.7 Å². The van der Waals surface area contributed by atoms with Crippen molar-refractivity contribution in [3.8, 4) is 0 Å². The number of nitrogens with one attached hydrogen (secondary N) is 1. The molecule has 26 heavy (non-hydrogen) atoms. The van der Waals surface area contributed by atoms with E-state index in [0.29, 0.717) is 42.5 Å². The van der Waals surface area contributed by atoms with E-state index in [-0.39, 0.29) is 11.9 Å². The minimum absolute atomic E-state index is 0.227. The Morgan fingerprint density at radius 2 is 1.73 bits per heavy atom. The van der Waals surface area contributed by atoms with Crippen LogP contribution in [0.25, 0.3) is 0 Å². The molecule has 3 amide bonds. The molecule has 0 radical (unpaired) electrons. The highest BCUT2D eigenvalue weighted by Gasteiger charge is 2.25. The monoisotopic (exact) mass is 375 g/mol. The van der Waals surface area contributed by atoms with Gasteiger partial charge in [0.25, 0.3) is 5.91 Å². The summed E-state index contributed by atoms with van der Waals surface area (Å²) < 4.78 is 13.3. The van der Waals surface area contributed by atoms with Gasteiger partial charge in [0.15, 0.2) is 0 Å². The van der Waals surface area contributed by atoms with E-state index >= 15 is 0 Å². The lowest BCUT2D eigenvalue weighted by molar-refractivity contribution is 0.0671. The highest BCUT2D eigenvalue weighted by Crippen LogP contribution is 2.20. The predicted molar refractivity (Wildman–Crippen MR) is 99.1 cm³/mol. The first kappa shape index (κ1) is 18.2. The molecule has 3 rings (SSSR count). The molecule has 0 saturated carbocycles. The molecule has 1 N–H and O–H groups in total. The van der Waals surface area contributed by atoms with E-state index in [1.165, 1.54) is 18.2 Å². The minimum Gasteiger partial charge on any atom is -0.335 e. The Hall–Kier alpha value is -2.60. The Kier molecular flexibility index (Phi) is 5.42. The maximum absolute atomic E-state index is 13.3. The van der Waals surface area contributed by atoms with Crippen molar-refractivity contribution in [3.05, 3.63) is 64.4 Å². The molecule has 136 valence electrons. The van der Waals surface area contributed by atoms with E-state index in [1.807, 2.05) is 13.0 Å². The van der Waals surface area contributed by atoms with Crippen LogP contribution in [0.3, 0.4) is 0 Å². The first-order valence-corrected chi connectivity index (χ1v) is 8.69. The molecule has 7 heteroatoms. The third-order valence-electron chi connectivity index (χ3n) is 4.35. The first-order valence-electron chi connectivity index (χ1n) is 8.31. The highest BCUT2D eigenvalue weighted by atomic mass is 35.5. The Morgan fingerprint density at radius 1 is 1.04 bits per heavy atom. The molecule has 5 nitrogen and oxygen atoms in total. The number of halogens is 2. The minimum atomic E-state index is -0.439. The summed E-state index contributed by atoms with van der Waals surface area (Å²) in [4.78, 5) is 28.1. The van der Waals surface area contributed by atoms with Gasteiger partial charge >= 0.3 is 6.03 Å². The number of anilines is 1. The average molecular weight is 376 g/mol. The first-order chi connectivity index (χ1) is 12.4. The molecule has 0 unspecified atom stereocenters. The van der Waals surface area contributed by atoms with Crippen molar-refractivity contribution in [1.82, 2.24) is 9.80 Å². The maximum atomic E-state index is 13.3. The third kappa shape index (κ3) is 4.14. The van der Waals surface area contributed by atoms with Gasteiger partial charge in [0.1, 0.15) is 5.82 Å². The molecule has 0 bridgehead atoms. The summed E-state index contributed by atoms with van der Waals surface area (Å²) in [6.45, 7) is 3.51. The Morgan fingerprint density at radius 3 is 2.38 bits per heavy atom. The fourth-order valence-corrected chi connectivity index (χ4v) is 2.97. The summed E-state index contributed by atoms with van der Waals surface area (Å²) in [5.74, 6) is -0.666. The number of amides is 3. The Bertz CT molecular complexity index is 835. The second-order valence-electron chi connectivity index (χ2n) is 6.18. The maximum Gasteiger partial charge on any atom is 0.321 e. The number of aryl methyl sites for hydroxylation is 1. The fraction of sp³-hybridized carbons (Fsp3) is 0.263. The Balaban J connectivity index is 1.56. The van der Waals surface area contributed by atoms with Crippen LogP contribution < -0.4 is 5.32 Å². The smallest absolute Gasteiger partial charge is 0.321 e. The molecule has 0 spiro atoms. The van der Waals surface area contributed by atoms with E-state index < -0.39 is 5.82 Å². The number of benzene rings is 2. The molecule has 1 aliphatic heterocycles. The molecule has 2 aromatic carbocycles. The largest absolute Gasteiger partial charge is 0.335 e. The molecular weight excluding hydrogens is 357 g/mol. The van der Waals surface area contributed by atoms with Gasteiger partial charge in [0.05, 0.1) is 0 Å². The number of piperazine rings is 1. The summed E-state index contributed by atoms with van der Waals surface area (Å²) in [7, 11) is 0. The molecule has 0 atom stereocenters. The summed E-state index contributed by atoms with van der Waals surface area (Å²) >= 11 is 6.07. The van der Waals surface area contributed by atoms with Gasteiger partial charge in [-0.1, -0.05) is 23.7 Å². The van der Waals surface area contributed by atoms with Crippen LogP contribution in [0.15, 0.2) is 42.5 Å². The molecule has 1 fully saturated rings. The van der Waals surface area contributed by atoms with Crippen LogP contribution in [-0.4, -0.2) is 47.9 Å². The van der Waals surface area contributed by atoms with Crippen molar-refractivity contribution in [3.63, 3.8) is 0 Å². The molecule has 2 aromatic rings. The van der Waals surface area contributed by atoms with Crippen LogP contribution in [0, 0.1) is 12.7 Å². The van der Waals surface area contributed by atoms with E-state index in [9.17, 15) is 14.0 Å². The highest BCUT2D eigenvalue weighted by molar-refractivity contribution is 6.31. The van der Waals surface area contributed by atoms with Gasteiger partial charge in [-0.3, -0.25) is 4.79 Å². The van der Waals surface area contributed by atoms with Crippen LogP contribution in [0.4, 0.5) is 14.9 Å². The number of hydrogen-bond donors (Lipinski definition) is 1. The van der Waals surface area contributed by atoms with E-state index in [1.54, 1.807) is 28.0 Å². The molecular formula is C19H19ClFN3O2. The van der Waals surface area contributed by atoms with Crippen molar-refractivity contribution in [2.45, 2.75) is 6.92 Å². The average Bonchev–Trinajstić information content (AvgIpc) is 2.64. The van der Waals surface area contributed by atoms with E-state index in [2.05, 4.69) is 5.32 Å². The summed E-state index contributed by atoms with van der Waals surface area (Å²) in [5, 5.41) is 3.40. The molecule has 1 heterocycles. The number of rotatable bonds is 2. The van der Waals surface area contributed by atoms with Crippen LogP contribution in [0.5, 0.6) is 0 Å². The lowest BCUT2D eigenvalue weighted by Gasteiger charge is -2.34. The van der Waals surface area contributed by atoms with Gasteiger partial charge in [-0.05, 0) is 42.8 Å². The standard InChI is InChI=1S/C19H19ClFN3O2/c1-13-5-6-16(12-17(13)20)22-19(26)24-9-7-23(8-10-24)18(25)14-3-2-4-15(21)11-14/h2-6,11-12H,7-10H2,1H3,(H,22,26). The van der Waals surface area contributed by atoms with Crippen molar-refractivity contribution in [2.24, 2.45) is 0 Å². The fourth-order valence-electron chi connectivity index (χ4n) is 2.79. The SMILES string of the molecule is Cc1ccc(NC(=O)N2CCN(C(=O)c3cccc(F)c3)CC2)cc1Cl. The van der Waals surface area contributed by atoms with Crippen LogP contribution in [0.2, 0.25) is 5.02 Å². The quantitative estimate of drug-likeness (QED) is 0.868. The zero-order valence-electron chi connectivity index (χ0n) is 14.3. The van der Waals surface area contributed by atoms with Gasteiger partial charge in [-0.25, -0.2) is 9.18 Å². The molecule has 1 aliphatic rings. The van der Waals surface area contributed by atoms with Gasteiger partial charge in [-0.15, -0.1) is 0 Å². The number of nitrogens with zero attached hydrogens (tertiary/aromatic N) is 2. The second-order valence-corrected chi connectivity index (χ2v) is 6.59. The van der Waals surface area contributed by atoms with Gasteiger partial charge in [0.2, 0.25) is 0 Å². The second kappa shape index (κ2) is 7.74. The molecule has 1 saturated heterocycles. The third-order valence-corrected chi connectivity index (χ3v) is 4.76. The van der Waals surface area contributed by atoms with Crippen molar-refractivity contribution >= 4 is 29.2 Å². The normalized spacial score (nSPS) is 14.3. The molecule has 0 aliphatic carbocycles. The lowest BCUT2D eigenvalue weighted by Crippen LogP contribution is -2.51. The van der Waals surface area contributed by atoms with E-state index in [4.69, 9.17) is 11.6 Å². The van der Waals surface area contributed by atoms with Gasteiger partial charge < -0.3 is 15.1 Å². The zero-order chi connectivity index (χ0) is 18.7.